The van der Waals surface area contributed by atoms with Gasteiger partial charge in [0.25, 0.3) is 0 Å². The Morgan fingerprint density at radius 2 is 0.825 bits per heavy atom. The van der Waals surface area contributed by atoms with Crippen LogP contribution in [0.5, 0.6) is 11.5 Å². The van der Waals surface area contributed by atoms with Crippen LogP contribution in [0.4, 0.5) is 0 Å². The summed E-state index contributed by atoms with van der Waals surface area (Å²) in [7, 11) is 0. The number of benzene rings is 2. The second kappa shape index (κ2) is 11.4. The summed E-state index contributed by atoms with van der Waals surface area (Å²) in [6, 6.07) is 8.03. The zero-order valence-electron chi connectivity index (χ0n) is 26.6. The molecule has 0 atom stereocenters. The molecule has 0 bridgehead atoms. The molecule has 0 saturated carbocycles. The van der Waals surface area contributed by atoms with Gasteiger partial charge < -0.3 is 15.5 Å². The molecule has 0 aromatic heterocycles. The summed E-state index contributed by atoms with van der Waals surface area (Å²) < 4.78 is 0. The molecule has 40 heavy (non-hydrogen) atoms. The fourth-order valence-electron chi connectivity index (χ4n) is 5.10. The first kappa shape index (κ1) is 33.6. The topological polar surface area (TPSA) is 69.6 Å². The normalized spacial score (nSPS) is 17.4. The maximum Gasteiger partial charge on any atom is 0.187 e. The van der Waals surface area contributed by atoms with Crippen molar-refractivity contribution >= 4 is 30.3 Å². The highest BCUT2D eigenvalue weighted by Gasteiger charge is 2.29. The van der Waals surface area contributed by atoms with E-state index in [1.807, 2.05) is 36.4 Å². The van der Waals surface area contributed by atoms with Crippen LogP contribution >= 0.6 is 12.4 Å². The number of rotatable bonds is 2. The number of piperidine rings is 1. The number of nitrogens with one attached hydrogen (secondary N) is 1. The maximum atomic E-state index is 13.7. The summed E-state index contributed by atoms with van der Waals surface area (Å²) in [4.78, 5) is 13.7. The summed E-state index contributed by atoms with van der Waals surface area (Å²) in [5, 5.41) is 25.6. The number of Topliss-reactive ketones (excluding diaryl/α,β-unsaturated/α-hetero) is 1. The molecule has 1 fully saturated rings. The van der Waals surface area contributed by atoms with Gasteiger partial charge in [-0.25, -0.2) is 0 Å². The van der Waals surface area contributed by atoms with Crippen LogP contribution in [0.25, 0.3) is 12.2 Å². The van der Waals surface area contributed by atoms with Crippen molar-refractivity contribution in [3.05, 3.63) is 68.8 Å². The third-order valence-corrected chi connectivity index (χ3v) is 7.39. The minimum Gasteiger partial charge on any atom is -0.507 e. The predicted octanol–water partition coefficient (Wildman–Crippen LogP) is 8.35. The molecule has 1 aliphatic heterocycles. The molecule has 3 N–H and O–H groups in total. The van der Waals surface area contributed by atoms with Crippen LogP contribution in [0, 0.1) is 0 Å². The molecule has 0 amide bonds. The Morgan fingerprint density at radius 3 is 1.05 bits per heavy atom. The lowest BCUT2D eigenvalue weighted by molar-refractivity contribution is -0.112. The van der Waals surface area contributed by atoms with Gasteiger partial charge in [-0.15, -0.1) is 12.4 Å². The molecule has 5 heteroatoms. The van der Waals surface area contributed by atoms with Gasteiger partial charge >= 0.3 is 0 Å². The Balaban J connectivity index is 0.00000560. The quantitative estimate of drug-likeness (QED) is 0.319. The predicted molar refractivity (Wildman–Crippen MR) is 172 cm³/mol. The molecular weight excluding hydrogens is 518 g/mol. The van der Waals surface area contributed by atoms with Crippen molar-refractivity contribution in [1.82, 2.24) is 5.32 Å². The number of carbonyl (C=O) groups excluding carboxylic acids is 1. The van der Waals surface area contributed by atoms with Crippen LogP contribution in [0.1, 0.15) is 116 Å². The zero-order valence-corrected chi connectivity index (χ0v) is 27.4. The minimum absolute atomic E-state index is 0. The standard InChI is InChI=1S/C35H49NO3.ClH/c1-32(2,3)25-15-21(16-26(30(25)38)33(4,5)6)13-23-19-36-20-24(29(23)37)14-22-17-27(34(7,8)9)31(39)28(18-22)35(10,11)12;/h13-18,36,38-39H,19-20H2,1-12H3;1H/b23-13+,24-14+;. The summed E-state index contributed by atoms with van der Waals surface area (Å²) in [5.74, 6) is 0.698. The van der Waals surface area contributed by atoms with Crippen LogP contribution in [0.3, 0.4) is 0 Å². The molecule has 0 unspecified atom stereocenters. The highest BCUT2D eigenvalue weighted by molar-refractivity contribution is 6.14. The Labute approximate surface area is 248 Å². The number of aromatic hydroxyl groups is 2. The van der Waals surface area contributed by atoms with E-state index in [1.54, 1.807) is 0 Å². The fourth-order valence-corrected chi connectivity index (χ4v) is 5.10. The van der Waals surface area contributed by atoms with Crippen molar-refractivity contribution in [3.8, 4) is 11.5 Å². The largest absolute Gasteiger partial charge is 0.507 e. The summed E-state index contributed by atoms with van der Waals surface area (Å²) in [6.07, 6.45) is 3.93. The molecule has 0 radical (unpaired) electrons. The first-order chi connectivity index (χ1) is 17.6. The van der Waals surface area contributed by atoms with Gasteiger partial charge in [0.1, 0.15) is 11.5 Å². The van der Waals surface area contributed by atoms with E-state index in [0.29, 0.717) is 35.7 Å². The van der Waals surface area contributed by atoms with E-state index in [2.05, 4.69) is 88.4 Å². The molecule has 0 aliphatic carbocycles. The van der Waals surface area contributed by atoms with E-state index in [-0.39, 0.29) is 39.9 Å². The molecule has 2 aromatic rings. The molecular formula is C35H50ClNO3. The average Bonchev–Trinajstić information content (AvgIpc) is 2.75. The lowest BCUT2D eigenvalue weighted by atomic mass is 9.78. The van der Waals surface area contributed by atoms with E-state index >= 15 is 0 Å². The van der Waals surface area contributed by atoms with Gasteiger partial charge in [0.2, 0.25) is 0 Å². The first-order valence-electron chi connectivity index (χ1n) is 14.0. The number of phenolic OH excluding ortho intramolecular Hbond substituents is 2. The number of ketones is 1. The van der Waals surface area contributed by atoms with Gasteiger partial charge in [-0.3, -0.25) is 4.79 Å². The van der Waals surface area contributed by atoms with Gasteiger partial charge in [0.15, 0.2) is 5.78 Å². The van der Waals surface area contributed by atoms with Gasteiger partial charge in [-0.05, 0) is 69.2 Å². The molecule has 1 aliphatic rings. The third kappa shape index (κ3) is 7.39. The first-order valence-corrected chi connectivity index (χ1v) is 14.0. The van der Waals surface area contributed by atoms with E-state index in [4.69, 9.17) is 0 Å². The molecule has 4 nitrogen and oxygen atoms in total. The van der Waals surface area contributed by atoms with Gasteiger partial charge in [-0.1, -0.05) is 83.1 Å². The number of carbonyl (C=O) groups is 1. The van der Waals surface area contributed by atoms with Crippen molar-refractivity contribution in [3.63, 3.8) is 0 Å². The Kier molecular flexibility index (Phi) is 9.57. The van der Waals surface area contributed by atoms with Crippen LogP contribution in [0.15, 0.2) is 35.4 Å². The zero-order chi connectivity index (χ0) is 29.7. The lowest BCUT2D eigenvalue weighted by Crippen LogP contribution is -2.32. The van der Waals surface area contributed by atoms with Crippen molar-refractivity contribution in [2.45, 2.75) is 105 Å². The molecule has 220 valence electrons. The maximum absolute atomic E-state index is 13.7. The Bertz CT molecular complexity index is 1170. The second-order valence-corrected chi connectivity index (χ2v) is 15.2. The number of phenols is 2. The summed E-state index contributed by atoms with van der Waals surface area (Å²) >= 11 is 0. The van der Waals surface area contributed by atoms with Gasteiger partial charge in [0.05, 0.1) is 0 Å². The summed E-state index contributed by atoms with van der Waals surface area (Å²) in [6.45, 7) is 26.1. The van der Waals surface area contributed by atoms with Crippen LogP contribution in [0.2, 0.25) is 0 Å². The summed E-state index contributed by atoms with van der Waals surface area (Å²) in [5.41, 5.74) is 5.77. The molecule has 3 rings (SSSR count). The van der Waals surface area contributed by atoms with E-state index in [0.717, 1.165) is 33.4 Å². The smallest absolute Gasteiger partial charge is 0.187 e. The third-order valence-electron chi connectivity index (χ3n) is 7.39. The van der Waals surface area contributed by atoms with Crippen LogP contribution in [-0.2, 0) is 26.5 Å². The van der Waals surface area contributed by atoms with E-state index in [1.165, 1.54) is 0 Å². The van der Waals surface area contributed by atoms with Crippen LogP contribution in [-0.4, -0.2) is 29.1 Å². The van der Waals surface area contributed by atoms with Gasteiger partial charge in [-0.2, -0.15) is 0 Å². The van der Waals surface area contributed by atoms with E-state index < -0.39 is 0 Å². The SMILES string of the molecule is CC(C)(C)c1cc(/C=C2\CNC/C(=C\c3cc(C(C)(C)C)c(O)c(C(C)(C)C)c3)C2=O)cc(C(C)(C)C)c1O.Cl. The van der Waals surface area contributed by atoms with Gasteiger partial charge in [0, 0.05) is 46.5 Å². The second-order valence-electron chi connectivity index (χ2n) is 15.2. The fraction of sp³-hybridized carbons (Fsp3) is 0.514. The number of halogens is 1. The minimum atomic E-state index is -0.243. The molecule has 0 spiro atoms. The Hall–Kier alpha value is -2.56. The highest BCUT2D eigenvalue weighted by atomic mass is 35.5. The monoisotopic (exact) mass is 567 g/mol. The van der Waals surface area contributed by atoms with Crippen molar-refractivity contribution in [2.75, 3.05) is 13.1 Å². The molecule has 2 aromatic carbocycles. The average molecular weight is 568 g/mol. The number of hydrogen-bond acceptors (Lipinski definition) is 4. The van der Waals surface area contributed by atoms with Crippen molar-refractivity contribution in [1.29, 1.82) is 0 Å². The van der Waals surface area contributed by atoms with Crippen LogP contribution < -0.4 is 5.32 Å². The number of hydrogen-bond donors (Lipinski definition) is 3. The molecule has 1 heterocycles. The molecule has 1 saturated heterocycles. The lowest BCUT2D eigenvalue weighted by Gasteiger charge is -2.28. The van der Waals surface area contributed by atoms with E-state index in [9.17, 15) is 15.0 Å². The van der Waals surface area contributed by atoms with Crippen molar-refractivity contribution < 1.29 is 15.0 Å². The van der Waals surface area contributed by atoms with Crippen molar-refractivity contribution in [2.24, 2.45) is 0 Å². The highest BCUT2D eigenvalue weighted by Crippen LogP contribution is 2.42. The Morgan fingerprint density at radius 1 is 0.575 bits per heavy atom.